The van der Waals surface area contributed by atoms with Gasteiger partial charge in [-0.2, -0.15) is 0 Å². The van der Waals surface area contributed by atoms with Gasteiger partial charge in [-0.3, -0.25) is 0 Å². The van der Waals surface area contributed by atoms with E-state index in [0.29, 0.717) is 6.42 Å². The molecule has 1 aromatic carbocycles. The van der Waals surface area contributed by atoms with Gasteiger partial charge in [0.15, 0.2) is 0 Å². The molecule has 0 fully saturated rings. The fraction of sp³-hybridized carbons (Fsp3) is 0.533. The van der Waals surface area contributed by atoms with Gasteiger partial charge in [0.25, 0.3) is 0 Å². The third kappa shape index (κ3) is 4.70. The van der Waals surface area contributed by atoms with Crippen LogP contribution < -0.4 is 5.32 Å². The molecule has 1 aromatic rings. The molecule has 0 aliphatic carbocycles. The van der Waals surface area contributed by atoms with Crippen molar-refractivity contribution in [1.82, 2.24) is 5.32 Å². The second kappa shape index (κ2) is 6.55. The molecule has 0 aliphatic rings. The van der Waals surface area contributed by atoms with Gasteiger partial charge in [0.1, 0.15) is 5.78 Å². The number of ketones is 1. The number of carbonyl (C=O) groups excluding carboxylic acids is 1. The number of nitrogens with one attached hydrogen (secondary N) is 1. The molecule has 0 heterocycles. The summed E-state index contributed by atoms with van der Waals surface area (Å²) in [6, 6.07) is 4.49. The van der Waals surface area contributed by atoms with Crippen molar-refractivity contribution in [3.63, 3.8) is 0 Å². The first-order chi connectivity index (χ1) is 8.00. The number of carbonyl (C=O) groups is 1. The van der Waals surface area contributed by atoms with E-state index in [9.17, 15) is 4.79 Å². The van der Waals surface area contributed by atoms with E-state index in [4.69, 9.17) is 0 Å². The van der Waals surface area contributed by atoms with Crippen LogP contribution in [0.1, 0.15) is 42.0 Å². The second-order valence-electron chi connectivity index (χ2n) is 4.85. The fourth-order valence-corrected chi connectivity index (χ4v) is 1.90. The van der Waals surface area contributed by atoms with Crippen molar-refractivity contribution in [1.29, 1.82) is 0 Å². The van der Waals surface area contributed by atoms with Gasteiger partial charge in [0, 0.05) is 13.0 Å². The van der Waals surface area contributed by atoms with Gasteiger partial charge >= 0.3 is 0 Å². The maximum absolute atomic E-state index is 10.8. The molecule has 0 atom stereocenters. The van der Waals surface area contributed by atoms with Crippen molar-refractivity contribution in [3.8, 4) is 0 Å². The molecule has 94 valence electrons. The van der Waals surface area contributed by atoms with E-state index in [1.54, 1.807) is 6.92 Å². The number of aryl methyl sites for hydroxylation is 3. The quantitative estimate of drug-likeness (QED) is 0.765. The third-order valence-electron chi connectivity index (χ3n) is 3.15. The summed E-state index contributed by atoms with van der Waals surface area (Å²) in [5, 5.41) is 3.39. The molecule has 2 nitrogen and oxygen atoms in total. The molecule has 0 saturated carbocycles. The third-order valence-corrected chi connectivity index (χ3v) is 3.15. The molecule has 0 unspecified atom stereocenters. The highest BCUT2D eigenvalue weighted by Crippen LogP contribution is 2.14. The summed E-state index contributed by atoms with van der Waals surface area (Å²) in [7, 11) is 0. The Morgan fingerprint density at radius 3 is 2.41 bits per heavy atom. The molecule has 0 radical (unpaired) electrons. The van der Waals surface area contributed by atoms with Gasteiger partial charge < -0.3 is 10.1 Å². The topological polar surface area (TPSA) is 29.1 Å². The van der Waals surface area contributed by atoms with Crippen LogP contribution in [0, 0.1) is 20.8 Å². The van der Waals surface area contributed by atoms with Crippen molar-refractivity contribution in [2.24, 2.45) is 0 Å². The SMILES string of the molecule is CC(=O)CCCNCc1cc(C)c(C)cc1C. The zero-order chi connectivity index (χ0) is 12.8. The summed E-state index contributed by atoms with van der Waals surface area (Å²) in [6.07, 6.45) is 1.61. The van der Waals surface area contributed by atoms with E-state index in [-0.39, 0.29) is 5.78 Å². The van der Waals surface area contributed by atoms with E-state index in [2.05, 4.69) is 38.2 Å². The minimum absolute atomic E-state index is 0.272. The second-order valence-corrected chi connectivity index (χ2v) is 4.85. The first kappa shape index (κ1) is 13.9. The Labute approximate surface area is 104 Å². The smallest absolute Gasteiger partial charge is 0.129 e. The highest BCUT2D eigenvalue weighted by molar-refractivity contribution is 5.75. The molecule has 0 aliphatic heterocycles. The van der Waals surface area contributed by atoms with Gasteiger partial charge in [-0.1, -0.05) is 12.1 Å². The van der Waals surface area contributed by atoms with Crippen LogP contribution in [0.3, 0.4) is 0 Å². The average Bonchev–Trinajstić information content (AvgIpc) is 2.24. The summed E-state index contributed by atoms with van der Waals surface area (Å²) >= 11 is 0. The lowest BCUT2D eigenvalue weighted by molar-refractivity contribution is -0.117. The van der Waals surface area contributed by atoms with Gasteiger partial charge in [0.05, 0.1) is 0 Å². The Kier molecular flexibility index (Phi) is 5.36. The predicted molar refractivity (Wildman–Crippen MR) is 72.3 cm³/mol. The number of rotatable bonds is 6. The average molecular weight is 233 g/mol. The van der Waals surface area contributed by atoms with E-state index >= 15 is 0 Å². The molecule has 0 saturated heterocycles. The van der Waals surface area contributed by atoms with Gasteiger partial charge in [-0.15, -0.1) is 0 Å². The molecule has 0 spiro atoms. The van der Waals surface area contributed by atoms with Crippen LogP contribution in [-0.2, 0) is 11.3 Å². The number of hydrogen-bond acceptors (Lipinski definition) is 2. The van der Waals surface area contributed by atoms with Gasteiger partial charge in [-0.25, -0.2) is 0 Å². The highest BCUT2D eigenvalue weighted by atomic mass is 16.1. The van der Waals surface area contributed by atoms with Crippen LogP contribution >= 0.6 is 0 Å². The summed E-state index contributed by atoms with van der Waals surface area (Å²) in [4.78, 5) is 10.8. The molecule has 0 amide bonds. The van der Waals surface area contributed by atoms with Crippen molar-refractivity contribution in [3.05, 3.63) is 34.4 Å². The standard InChI is InChI=1S/C15H23NO/c1-11-8-13(3)15(9-12(11)2)10-16-7-5-6-14(4)17/h8-9,16H,5-7,10H2,1-4H3. The lowest BCUT2D eigenvalue weighted by Crippen LogP contribution is -2.16. The van der Waals surface area contributed by atoms with Crippen LogP contribution in [0.4, 0.5) is 0 Å². The molecular weight excluding hydrogens is 210 g/mol. The summed E-state index contributed by atoms with van der Waals surface area (Å²) in [6.45, 7) is 9.89. The number of benzene rings is 1. The van der Waals surface area contributed by atoms with Gasteiger partial charge in [0.2, 0.25) is 0 Å². The molecule has 1 rings (SSSR count). The van der Waals surface area contributed by atoms with E-state index < -0.39 is 0 Å². The van der Waals surface area contributed by atoms with Crippen molar-refractivity contribution in [2.45, 2.75) is 47.1 Å². The molecular formula is C15H23NO. The van der Waals surface area contributed by atoms with Crippen LogP contribution in [-0.4, -0.2) is 12.3 Å². The van der Waals surface area contributed by atoms with Crippen molar-refractivity contribution in [2.75, 3.05) is 6.54 Å². The number of hydrogen-bond donors (Lipinski definition) is 1. The Bertz CT molecular complexity index is 396. The van der Waals surface area contributed by atoms with E-state index in [0.717, 1.165) is 19.5 Å². The molecule has 2 heteroatoms. The molecule has 0 bridgehead atoms. The molecule has 0 aromatic heterocycles. The van der Waals surface area contributed by atoms with Crippen molar-refractivity contribution < 1.29 is 4.79 Å². The summed E-state index contributed by atoms with van der Waals surface area (Å²) < 4.78 is 0. The molecule has 17 heavy (non-hydrogen) atoms. The fourth-order valence-electron chi connectivity index (χ4n) is 1.90. The first-order valence-electron chi connectivity index (χ1n) is 6.27. The first-order valence-corrected chi connectivity index (χ1v) is 6.27. The predicted octanol–water partition coefficient (Wildman–Crippen LogP) is 3.07. The minimum atomic E-state index is 0.272. The lowest BCUT2D eigenvalue weighted by Gasteiger charge is -2.10. The van der Waals surface area contributed by atoms with Crippen molar-refractivity contribution >= 4 is 5.78 Å². The summed E-state index contributed by atoms with van der Waals surface area (Å²) in [5.74, 6) is 0.272. The van der Waals surface area contributed by atoms with Crippen LogP contribution in [0.5, 0.6) is 0 Å². The zero-order valence-corrected chi connectivity index (χ0v) is 11.4. The molecule has 1 N–H and O–H groups in total. The van der Waals surface area contributed by atoms with Gasteiger partial charge in [-0.05, 0) is 62.9 Å². The number of Topliss-reactive ketones (excluding diaryl/α,β-unsaturated/α-hetero) is 1. The Balaban J connectivity index is 2.41. The van der Waals surface area contributed by atoms with Crippen LogP contribution in [0.15, 0.2) is 12.1 Å². The highest BCUT2D eigenvalue weighted by Gasteiger charge is 2.01. The van der Waals surface area contributed by atoms with Crippen LogP contribution in [0.2, 0.25) is 0 Å². The van der Waals surface area contributed by atoms with E-state index in [1.165, 1.54) is 22.3 Å². The zero-order valence-electron chi connectivity index (χ0n) is 11.4. The maximum Gasteiger partial charge on any atom is 0.129 e. The Morgan fingerprint density at radius 2 is 1.76 bits per heavy atom. The Hall–Kier alpha value is -1.15. The maximum atomic E-state index is 10.8. The summed E-state index contributed by atoms with van der Waals surface area (Å²) in [5.41, 5.74) is 5.39. The van der Waals surface area contributed by atoms with E-state index in [1.807, 2.05) is 0 Å². The lowest BCUT2D eigenvalue weighted by atomic mass is 10.0. The van der Waals surface area contributed by atoms with Crippen LogP contribution in [0.25, 0.3) is 0 Å². The minimum Gasteiger partial charge on any atom is -0.313 e. The normalized spacial score (nSPS) is 10.6. The monoisotopic (exact) mass is 233 g/mol. The largest absolute Gasteiger partial charge is 0.313 e. The Morgan fingerprint density at radius 1 is 1.12 bits per heavy atom.